The lowest BCUT2D eigenvalue weighted by Gasteiger charge is -2.08. The Morgan fingerprint density at radius 3 is 2.69 bits per heavy atom. The molecule has 0 atom stereocenters. The number of hydrogen-bond acceptors (Lipinski definition) is 3. The van der Waals surface area contributed by atoms with Crippen LogP contribution in [0, 0.1) is 11.3 Å². The van der Waals surface area contributed by atoms with Crippen molar-refractivity contribution >= 4 is 0 Å². The van der Waals surface area contributed by atoms with Crippen LogP contribution in [0.2, 0.25) is 0 Å². The molecule has 0 N–H and O–H groups in total. The zero-order chi connectivity index (χ0) is 9.84. The summed E-state index contributed by atoms with van der Waals surface area (Å²) >= 11 is 0. The molecule has 0 spiro atoms. The van der Waals surface area contributed by atoms with Crippen LogP contribution in [0.25, 0.3) is 0 Å². The zero-order valence-corrected chi connectivity index (χ0v) is 8.28. The zero-order valence-electron chi connectivity index (χ0n) is 8.28. The molecule has 0 fully saturated rings. The van der Waals surface area contributed by atoms with Crippen molar-refractivity contribution in [3.63, 3.8) is 0 Å². The number of aromatic nitrogens is 3. The monoisotopic (exact) mass is 178 g/mol. The van der Waals surface area contributed by atoms with Crippen LogP contribution in [0.4, 0.5) is 0 Å². The van der Waals surface area contributed by atoms with Crippen LogP contribution >= 0.6 is 0 Å². The van der Waals surface area contributed by atoms with Crippen molar-refractivity contribution in [1.29, 1.82) is 5.26 Å². The van der Waals surface area contributed by atoms with Gasteiger partial charge in [-0.05, 0) is 20.3 Å². The molecule has 70 valence electrons. The summed E-state index contributed by atoms with van der Waals surface area (Å²) in [6, 6.07) is 2.34. The molecule has 0 saturated carbocycles. The average Bonchev–Trinajstić information content (AvgIpc) is 2.48. The molecule has 0 aliphatic carbocycles. The lowest BCUT2D eigenvalue weighted by molar-refractivity contribution is 0.492. The van der Waals surface area contributed by atoms with Gasteiger partial charge in [-0.15, -0.1) is 5.10 Å². The van der Waals surface area contributed by atoms with Crippen LogP contribution in [0.1, 0.15) is 44.6 Å². The maximum atomic E-state index is 8.77. The molecule has 1 aromatic rings. The van der Waals surface area contributed by atoms with E-state index in [2.05, 4.69) is 23.3 Å². The molecule has 0 aliphatic heterocycles. The summed E-state index contributed by atoms with van der Waals surface area (Å²) in [6.07, 6.45) is 1.88. The van der Waals surface area contributed by atoms with Crippen LogP contribution < -0.4 is 0 Å². The molecule has 0 radical (unpaired) electrons. The van der Waals surface area contributed by atoms with E-state index in [1.54, 1.807) is 0 Å². The molecule has 1 rings (SSSR count). The van der Waals surface area contributed by atoms with Crippen molar-refractivity contribution in [1.82, 2.24) is 15.0 Å². The highest BCUT2D eigenvalue weighted by Crippen LogP contribution is 2.12. The first-order valence-electron chi connectivity index (χ1n) is 4.54. The van der Waals surface area contributed by atoms with E-state index in [4.69, 9.17) is 5.26 Å². The van der Waals surface area contributed by atoms with Gasteiger partial charge in [0, 0.05) is 6.04 Å². The molecule has 1 heterocycles. The molecule has 13 heavy (non-hydrogen) atoms. The van der Waals surface area contributed by atoms with E-state index < -0.39 is 0 Å². The number of rotatable bonds is 3. The number of hydrogen-bond donors (Lipinski definition) is 0. The first-order valence-corrected chi connectivity index (χ1v) is 4.54. The van der Waals surface area contributed by atoms with Crippen molar-refractivity contribution in [2.24, 2.45) is 0 Å². The third-order valence-corrected chi connectivity index (χ3v) is 1.87. The summed E-state index contributed by atoms with van der Waals surface area (Å²) in [5.74, 6) is 0. The minimum atomic E-state index is 0.274. The molecule has 0 bridgehead atoms. The van der Waals surface area contributed by atoms with E-state index in [1.807, 2.05) is 18.5 Å². The molecule has 4 heteroatoms. The predicted molar refractivity (Wildman–Crippen MR) is 49.1 cm³/mol. The normalized spacial score (nSPS) is 10.4. The highest BCUT2D eigenvalue weighted by Gasteiger charge is 2.12. The Balaban J connectivity index is 3.08. The third kappa shape index (κ3) is 1.86. The minimum absolute atomic E-state index is 0.274. The molecule has 0 unspecified atom stereocenters. The van der Waals surface area contributed by atoms with Gasteiger partial charge in [-0.25, -0.2) is 4.68 Å². The summed E-state index contributed by atoms with van der Waals surface area (Å²) in [5.41, 5.74) is 1.43. The molecule has 0 saturated heterocycles. The molecular weight excluding hydrogens is 164 g/mol. The van der Waals surface area contributed by atoms with Gasteiger partial charge in [-0.2, -0.15) is 5.26 Å². The molecule has 1 aromatic heterocycles. The molecular formula is C9H14N4. The van der Waals surface area contributed by atoms with Gasteiger partial charge in [0.15, 0.2) is 5.69 Å². The van der Waals surface area contributed by atoms with Crippen molar-refractivity contribution in [2.45, 2.75) is 39.7 Å². The van der Waals surface area contributed by atoms with Gasteiger partial charge < -0.3 is 0 Å². The largest absolute Gasteiger partial charge is 0.246 e. The lowest BCUT2D eigenvalue weighted by atomic mass is 10.2. The van der Waals surface area contributed by atoms with E-state index in [1.165, 1.54) is 0 Å². The first-order chi connectivity index (χ1) is 6.20. The summed E-state index contributed by atoms with van der Waals surface area (Å²) in [5, 5.41) is 16.5. The van der Waals surface area contributed by atoms with Crippen LogP contribution in [0.3, 0.4) is 0 Å². The Labute approximate surface area is 78.2 Å². The Morgan fingerprint density at radius 1 is 1.54 bits per heavy atom. The predicted octanol–water partition coefficient (Wildman–Crippen LogP) is 1.68. The Kier molecular flexibility index (Phi) is 3.02. The second-order valence-corrected chi connectivity index (χ2v) is 3.28. The Bertz CT molecular complexity index is 319. The molecule has 0 aliphatic rings. The minimum Gasteiger partial charge on any atom is -0.246 e. The summed E-state index contributed by atoms with van der Waals surface area (Å²) in [4.78, 5) is 0. The van der Waals surface area contributed by atoms with Crippen molar-refractivity contribution in [3.05, 3.63) is 11.4 Å². The molecule has 0 aromatic carbocycles. The van der Waals surface area contributed by atoms with Gasteiger partial charge in [-0.3, -0.25) is 0 Å². The third-order valence-electron chi connectivity index (χ3n) is 1.87. The maximum absolute atomic E-state index is 8.77. The standard InChI is InChI=1S/C9H14N4/c1-4-5-9-8(6-10)11-12-13(9)7(2)3/h7H,4-5H2,1-3H3. The fourth-order valence-electron chi connectivity index (χ4n) is 1.28. The van der Waals surface area contributed by atoms with Crippen LogP contribution in [0.15, 0.2) is 0 Å². The second-order valence-electron chi connectivity index (χ2n) is 3.28. The fraction of sp³-hybridized carbons (Fsp3) is 0.667. The van der Waals surface area contributed by atoms with E-state index in [9.17, 15) is 0 Å². The van der Waals surface area contributed by atoms with Gasteiger partial charge in [0.2, 0.25) is 0 Å². The second kappa shape index (κ2) is 4.04. The first kappa shape index (κ1) is 9.72. The average molecular weight is 178 g/mol. The maximum Gasteiger partial charge on any atom is 0.185 e. The van der Waals surface area contributed by atoms with Crippen LogP contribution in [-0.4, -0.2) is 15.0 Å². The van der Waals surface area contributed by atoms with Crippen molar-refractivity contribution in [2.75, 3.05) is 0 Å². The van der Waals surface area contributed by atoms with Gasteiger partial charge in [0.1, 0.15) is 6.07 Å². The van der Waals surface area contributed by atoms with Gasteiger partial charge >= 0.3 is 0 Å². The summed E-state index contributed by atoms with van der Waals surface area (Å²) < 4.78 is 1.82. The quantitative estimate of drug-likeness (QED) is 0.707. The van der Waals surface area contributed by atoms with Crippen LogP contribution in [0.5, 0.6) is 0 Å². The van der Waals surface area contributed by atoms with Crippen molar-refractivity contribution in [3.8, 4) is 6.07 Å². The van der Waals surface area contributed by atoms with E-state index >= 15 is 0 Å². The van der Waals surface area contributed by atoms with E-state index in [0.29, 0.717) is 5.69 Å². The highest BCUT2D eigenvalue weighted by atomic mass is 15.4. The van der Waals surface area contributed by atoms with Crippen LogP contribution in [-0.2, 0) is 6.42 Å². The summed E-state index contributed by atoms with van der Waals surface area (Å²) in [7, 11) is 0. The summed E-state index contributed by atoms with van der Waals surface area (Å²) in [6.45, 7) is 6.16. The molecule has 0 amide bonds. The Morgan fingerprint density at radius 2 is 2.23 bits per heavy atom. The SMILES string of the molecule is CCCc1c(C#N)nnn1C(C)C. The van der Waals surface area contributed by atoms with E-state index in [0.717, 1.165) is 18.5 Å². The molecule has 4 nitrogen and oxygen atoms in total. The van der Waals surface area contributed by atoms with Crippen molar-refractivity contribution < 1.29 is 0 Å². The topological polar surface area (TPSA) is 54.5 Å². The van der Waals surface area contributed by atoms with Gasteiger partial charge in [0.05, 0.1) is 5.69 Å². The van der Waals surface area contributed by atoms with Gasteiger partial charge in [0.25, 0.3) is 0 Å². The lowest BCUT2D eigenvalue weighted by Crippen LogP contribution is -2.08. The number of nitrogens with zero attached hydrogens (tertiary/aromatic N) is 4. The fourth-order valence-corrected chi connectivity index (χ4v) is 1.28. The Hall–Kier alpha value is -1.37. The smallest absolute Gasteiger partial charge is 0.185 e. The van der Waals surface area contributed by atoms with Gasteiger partial charge in [-0.1, -0.05) is 18.6 Å². The highest BCUT2D eigenvalue weighted by molar-refractivity contribution is 5.24. The van der Waals surface area contributed by atoms with E-state index in [-0.39, 0.29) is 6.04 Å². The number of nitriles is 1.